The molecule has 218 valence electrons. The largest absolute Gasteiger partial charge is 0.495 e. The van der Waals surface area contributed by atoms with Gasteiger partial charge in [0.1, 0.15) is 18.3 Å². The average Bonchev–Trinajstić information content (AvgIpc) is 3.48. The molecule has 10 heteroatoms. The number of hydrogen-bond acceptors (Lipinski definition) is 5. The van der Waals surface area contributed by atoms with Gasteiger partial charge in [0, 0.05) is 17.6 Å². The summed E-state index contributed by atoms with van der Waals surface area (Å²) in [6, 6.07) is 19.3. The first kappa shape index (κ1) is 30.4. The summed E-state index contributed by atoms with van der Waals surface area (Å²) in [6.07, 6.45) is 3.89. The molecule has 0 bridgehead atoms. The number of nitrogens with zero attached hydrogens (tertiary/aromatic N) is 2. The fourth-order valence-corrected chi connectivity index (χ4v) is 6.59. The lowest BCUT2D eigenvalue weighted by Crippen LogP contribution is -2.52. The minimum absolute atomic E-state index is 0.0299. The van der Waals surface area contributed by atoms with E-state index in [0.717, 1.165) is 35.6 Å². The first-order valence-corrected chi connectivity index (χ1v) is 15.5. The second kappa shape index (κ2) is 13.4. The number of aryl methyl sites for hydroxylation is 1. The molecule has 8 nitrogen and oxygen atoms in total. The maximum absolute atomic E-state index is 14.1. The molecule has 0 heterocycles. The van der Waals surface area contributed by atoms with Gasteiger partial charge in [-0.25, -0.2) is 8.42 Å². The average molecular weight is 598 g/mol. The van der Waals surface area contributed by atoms with E-state index in [4.69, 9.17) is 16.3 Å². The summed E-state index contributed by atoms with van der Waals surface area (Å²) in [7, 11) is -2.76. The Morgan fingerprint density at radius 2 is 1.63 bits per heavy atom. The highest BCUT2D eigenvalue weighted by Gasteiger charge is 2.34. The zero-order chi connectivity index (χ0) is 29.6. The first-order chi connectivity index (χ1) is 19.6. The number of carbonyl (C=O) groups is 2. The molecule has 0 saturated heterocycles. The Kier molecular flexibility index (Phi) is 9.94. The van der Waals surface area contributed by atoms with E-state index in [-0.39, 0.29) is 29.1 Å². The van der Waals surface area contributed by atoms with Gasteiger partial charge in [0.05, 0.1) is 17.7 Å². The molecule has 3 aromatic rings. The molecule has 0 radical (unpaired) electrons. The van der Waals surface area contributed by atoms with Gasteiger partial charge in [-0.1, -0.05) is 72.5 Å². The van der Waals surface area contributed by atoms with E-state index in [2.05, 4.69) is 5.32 Å². The van der Waals surface area contributed by atoms with Gasteiger partial charge >= 0.3 is 0 Å². The molecule has 1 aliphatic carbocycles. The molecule has 1 unspecified atom stereocenters. The van der Waals surface area contributed by atoms with E-state index in [1.54, 1.807) is 67.6 Å². The van der Waals surface area contributed by atoms with Crippen LogP contribution in [0.4, 0.5) is 5.69 Å². The number of sulfonamides is 1. The van der Waals surface area contributed by atoms with Gasteiger partial charge in [0.25, 0.3) is 10.0 Å². The number of carbonyl (C=O) groups excluding carboxylic acids is 2. The van der Waals surface area contributed by atoms with Gasteiger partial charge < -0.3 is 15.0 Å². The molecule has 4 rings (SSSR count). The Bertz CT molecular complexity index is 1470. The van der Waals surface area contributed by atoms with Crippen molar-refractivity contribution < 1.29 is 22.7 Å². The molecule has 1 N–H and O–H groups in total. The molecule has 41 heavy (non-hydrogen) atoms. The van der Waals surface area contributed by atoms with Gasteiger partial charge in [-0.05, 0) is 62.6 Å². The molecule has 1 aliphatic rings. The van der Waals surface area contributed by atoms with Crippen molar-refractivity contribution in [2.75, 3.05) is 18.0 Å². The molecule has 0 spiro atoms. The lowest BCUT2D eigenvalue weighted by atomic mass is 10.1. The number of ether oxygens (including phenoxy) is 1. The van der Waals surface area contributed by atoms with Crippen LogP contribution in [0.2, 0.25) is 5.02 Å². The minimum atomic E-state index is -4.20. The first-order valence-electron chi connectivity index (χ1n) is 13.7. The predicted octanol–water partition coefficient (Wildman–Crippen LogP) is 5.33. The van der Waals surface area contributed by atoms with E-state index in [9.17, 15) is 18.0 Å². The van der Waals surface area contributed by atoms with Crippen LogP contribution in [0.25, 0.3) is 0 Å². The maximum Gasteiger partial charge on any atom is 0.264 e. The van der Waals surface area contributed by atoms with Crippen LogP contribution in [-0.2, 0) is 26.2 Å². The molecular weight excluding hydrogens is 562 g/mol. The van der Waals surface area contributed by atoms with Gasteiger partial charge in [-0.15, -0.1) is 0 Å². The van der Waals surface area contributed by atoms with Crippen LogP contribution < -0.4 is 14.4 Å². The molecule has 0 aliphatic heterocycles. The van der Waals surface area contributed by atoms with Crippen LogP contribution in [-0.4, -0.2) is 50.9 Å². The number of rotatable bonds is 11. The Hall–Kier alpha value is -3.56. The number of benzene rings is 3. The van der Waals surface area contributed by atoms with E-state index in [1.165, 1.54) is 24.1 Å². The third-order valence-electron chi connectivity index (χ3n) is 7.41. The SMILES string of the molecule is COc1ccccc1N(CC(=O)N(Cc1ccccc1Cl)C(C)C(=O)NC1CCCC1)S(=O)(=O)c1ccc(C)cc1. The summed E-state index contributed by atoms with van der Waals surface area (Å²) >= 11 is 6.44. The third-order valence-corrected chi connectivity index (χ3v) is 9.55. The molecule has 1 fully saturated rings. The summed E-state index contributed by atoms with van der Waals surface area (Å²) in [6.45, 7) is 2.99. The Labute approximate surface area is 247 Å². The van der Waals surface area contributed by atoms with Crippen molar-refractivity contribution >= 4 is 39.1 Å². The van der Waals surface area contributed by atoms with Crippen LogP contribution in [0.15, 0.2) is 77.7 Å². The van der Waals surface area contributed by atoms with Crippen LogP contribution in [0.1, 0.15) is 43.7 Å². The summed E-state index contributed by atoms with van der Waals surface area (Å²) in [5, 5.41) is 3.51. The van der Waals surface area contributed by atoms with E-state index in [0.29, 0.717) is 16.3 Å². The zero-order valence-corrected chi connectivity index (χ0v) is 25.1. The van der Waals surface area contributed by atoms with Crippen LogP contribution in [0.5, 0.6) is 5.75 Å². The third kappa shape index (κ3) is 7.21. The number of nitrogens with one attached hydrogen (secondary N) is 1. The van der Waals surface area contributed by atoms with E-state index in [1.807, 2.05) is 6.92 Å². The lowest BCUT2D eigenvalue weighted by molar-refractivity contribution is -0.139. The number of amides is 2. The molecular formula is C31H36ClN3O5S. The van der Waals surface area contributed by atoms with Crippen molar-refractivity contribution in [3.63, 3.8) is 0 Å². The van der Waals surface area contributed by atoms with Crippen molar-refractivity contribution in [1.29, 1.82) is 0 Å². The summed E-state index contributed by atoms with van der Waals surface area (Å²) in [5.41, 5.74) is 1.76. The van der Waals surface area contributed by atoms with Gasteiger partial charge in [0.2, 0.25) is 11.8 Å². The molecule has 0 aromatic heterocycles. The highest BCUT2D eigenvalue weighted by molar-refractivity contribution is 7.92. The van der Waals surface area contributed by atoms with E-state index >= 15 is 0 Å². The number of hydrogen-bond donors (Lipinski definition) is 1. The molecule has 2 amide bonds. The fourth-order valence-electron chi connectivity index (χ4n) is 4.97. The van der Waals surface area contributed by atoms with Crippen LogP contribution in [0, 0.1) is 6.92 Å². The summed E-state index contributed by atoms with van der Waals surface area (Å²) < 4.78 is 34.6. The standard InChI is InChI=1S/C31H36ClN3O5S/c1-22-16-18-26(19-17-22)41(38,39)35(28-14-8-9-15-29(28)40-3)21-30(36)34(20-24-10-4-7-13-27(24)32)23(2)31(37)33-25-11-5-6-12-25/h4,7-10,13-19,23,25H,5-6,11-12,20-21H2,1-3H3,(H,33,37). The molecule has 3 aromatic carbocycles. The predicted molar refractivity (Wildman–Crippen MR) is 161 cm³/mol. The molecule has 1 atom stereocenters. The van der Waals surface area contributed by atoms with Crippen molar-refractivity contribution in [3.8, 4) is 5.75 Å². The van der Waals surface area contributed by atoms with Crippen molar-refractivity contribution in [3.05, 3.63) is 88.9 Å². The number of para-hydroxylation sites is 2. The highest BCUT2D eigenvalue weighted by atomic mass is 35.5. The number of anilines is 1. The fraction of sp³-hybridized carbons (Fsp3) is 0.355. The lowest BCUT2D eigenvalue weighted by Gasteiger charge is -2.33. The second-order valence-corrected chi connectivity index (χ2v) is 12.5. The van der Waals surface area contributed by atoms with Gasteiger partial charge in [0.15, 0.2) is 0 Å². The summed E-state index contributed by atoms with van der Waals surface area (Å²) in [4.78, 5) is 28.9. The monoisotopic (exact) mass is 597 g/mol. The van der Waals surface area contributed by atoms with Crippen molar-refractivity contribution in [1.82, 2.24) is 10.2 Å². The van der Waals surface area contributed by atoms with Crippen molar-refractivity contribution in [2.24, 2.45) is 0 Å². The Morgan fingerprint density at radius 1 is 1.00 bits per heavy atom. The van der Waals surface area contributed by atoms with Crippen LogP contribution >= 0.6 is 11.6 Å². The minimum Gasteiger partial charge on any atom is -0.495 e. The van der Waals surface area contributed by atoms with E-state index < -0.39 is 28.5 Å². The quantitative estimate of drug-likeness (QED) is 0.322. The highest BCUT2D eigenvalue weighted by Crippen LogP contribution is 2.33. The maximum atomic E-state index is 14.1. The number of halogens is 1. The smallest absolute Gasteiger partial charge is 0.264 e. The topological polar surface area (TPSA) is 96.0 Å². The zero-order valence-electron chi connectivity index (χ0n) is 23.5. The van der Waals surface area contributed by atoms with Gasteiger partial charge in [-0.3, -0.25) is 13.9 Å². The van der Waals surface area contributed by atoms with Gasteiger partial charge in [-0.2, -0.15) is 0 Å². The Balaban J connectivity index is 1.72. The number of methoxy groups -OCH3 is 1. The Morgan fingerprint density at radius 3 is 2.29 bits per heavy atom. The molecule has 1 saturated carbocycles. The van der Waals surface area contributed by atoms with Crippen LogP contribution in [0.3, 0.4) is 0 Å². The van der Waals surface area contributed by atoms with Crippen molar-refractivity contribution in [2.45, 2.75) is 63.1 Å². The normalized spacial score (nSPS) is 14.3. The summed E-state index contributed by atoms with van der Waals surface area (Å²) in [5.74, 6) is -0.552. The second-order valence-electron chi connectivity index (χ2n) is 10.3.